The summed E-state index contributed by atoms with van der Waals surface area (Å²) in [4.78, 5) is 5.40. The number of nitrogens with two attached hydrogens (primary N) is 1. The van der Waals surface area contributed by atoms with Crippen LogP contribution in [0.3, 0.4) is 0 Å². The quantitative estimate of drug-likeness (QED) is 0.712. The van der Waals surface area contributed by atoms with Crippen LogP contribution < -0.4 is 5.73 Å². The van der Waals surface area contributed by atoms with Gasteiger partial charge in [0.05, 0.1) is 0 Å². The van der Waals surface area contributed by atoms with Crippen molar-refractivity contribution >= 4 is 40.1 Å². The minimum atomic E-state index is 0.595. The number of rotatable bonds is 2. The Hall–Kier alpha value is -1.65. The largest absolute Gasteiger partial charge is 0.431 e. The van der Waals surface area contributed by atoms with Gasteiger partial charge in [-0.2, -0.15) is 0 Å². The van der Waals surface area contributed by atoms with Crippen LogP contribution in [-0.2, 0) is 0 Å². The van der Waals surface area contributed by atoms with Crippen LogP contribution in [0.5, 0.6) is 0 Å². The number of benzene rings is 2. The maximum atomic E-state index is 5.83. The average molecular weight is 277 g/mol. The SMILES string of the molecule is Nc1ccc2oc(Sc3ccc(Cl)cc3)nc2c1. The molecule has 0 saturated carbocycles. The van der Waals surface area contributed by atoms with Crippen LogP contribution in [-0.4, -0.2) is 4.98 Å². The Labute approximate surface area is 113 Å². The molecule has 0 unspecified atom stereocenters. The predicted octanol–water partition coefficient (Wildman–Crippen LogP) is 4.21. The third kappa shape index (κ3) is 2.30. The monoisotopic (exact) mass is 276 g/mol. The highest BCUT2D eigenvalue weighted by Crippen LogP contribution is 2.30. The van der Waals surface area contributed by atoms with Crippen molar-refractivity contribution in [3.63, 3.8) is 0 Å². The van der Waals surface area contributed by atoms with Crippen LogP contribution in [0.25, 0.3) is 11.1 Å². The molecule has 3 aromatic rings. The lowest BCUT2D eigenvalue weighted by molar-refractivity contribution is 0.489. The van der Waals surface area contributed by atoms with Gasteiger partial charge in [0.1, 0.15) is 5.52 Å². The van der Waals surface area contributed by atoms with Gasteiger partial charge in [0.25, 0.3) is 5.22 Å². The lowest BCUT2D eigenvalue weighted by Crippen LogP contribution is -1.82. The van der Waals surface area contributed by atoms with E-state index in [1.165, 1.54) is 11.8 Å². The van der Waals surface area contributed by atoms with Crippen molar-refractivity contribution in [2.45, 2.75) is 10.1 Å². The summed E-state index contributed by atoms with van der Waals surface area (Å²) in [7, 11) is 0. The average Bonchev–Trinajstić information content (AvgIpc) is 2.73. The first-order chi connectivity index (χ1) is 8.70. The Morgan fingerprint density at radius 1 is 1.11 bits per heavy atom. The molecule has 3 nitrogen and oxygen atoms in total. The Balaban J connectivity index is 1.92. The van der Waals surface area contributed by atoms with Gasteiger partial charge in [0, 0.05) is 15.6 Å². The highest BCUT2D eigenvalue weighted by atomic mass is 35.5. The molecule has 0 aliphatic heterocycles. The van der Waals surface area contributed by atoms with E-state index in [0.29, 0.717) is 15.9 Å². The number of fused-ring (bicyclic) bond motifs is 1. The van der Waals surface area contributed by atoms with Crippen molar-refractivity contribution in [1.29, 1.82) is 0 Å². The van der Waals surface area contributed by atoms with Gasteiger partial charge >= 0.3 is 0 Å². The molecule has 3 rings (SSSR count). The number of nitrogens with zero attached hydrogens (tertiary/aromatic N) is 1. The number of oxazole rings is 1. The molecule has 0 saturated heterocycles. The zero-order chi connectivity index (χ0) is 12.5. The number of halogens is 1. The zero-order valence-electron chi connectivity index (χ0n) is 9.26. The maximum Gasteiger partial charge on any atom is 0.261 e. The van der Waals surface area contributed by atoms with Crippen LogP contribution in [0.15, 0.2) is 57.0 Å². The van der Waals surface area contributed by atoms with Gasteiger partial charge in [-0.3, -0.25) is 0 Å². The predicted molar refractivity (Wildman–Crippen MR) is 74.0 cm³/mol. The van der Waals surface area contributed by atoms with E-state index in [0.717, 1.165) is 16.0 Å². The van der Waals surface area contributed by atoms with Gasteiger partial charge in [-0.05, 0) is 54.2 Å². The zero-order valence-corrected chi connectivity index (χ0v) is 10.8. The summed E-state index contributed by atoms with van der Waals surface area (Å²) in [5.41, 5.74) is 7.89. The molecule has 18 heavy (non-hydrogen) atoms. The molecule has 0 bridgehead atoms. The lowest BCUT2D eigenvalue weighted by atomic mass is 10.3. The molecule has 90 valence electrons. The van der Waals surface area contributed by atoms with E-state index in [4.69, 9.17) is 21.8 Å². The van der Waals surface area contributed by atoms with E-state index in [-0.39, 0.29) is 0 Å². The fraction of sp³-hybridized carbons (Fsp3) is 0. The van der Waals surface area contributed by atoms with Gasteiger partial charge in [-0.25, -0.2) is 4.98 Å². The van der Waals surface area contributed by atoms with Crippen molar-refractivity contribution in [2.75, 3.05) is 5.73 Å². The van der Waals surface area contributed by atoms with E-state index < -0.39 is 0 Å². The Kier molecular flexibility index (Phi) is 2.89. The fourth-order valence-corrected chi connectivity index (χ4v) is 2.45. The third-order valence-corrected chi connectivity index (χ3v) is 3.52. The summed E-state index contributed by atoms with van der Waals surface area (Å²) in [5.74, 6) is 0. The fourth-order valence-electron chi connectivity index (χ4n) is 1.57. The third-order valence-electron chi connectivity index (χ3n) is 2.41. The summed E-state index contributed by atoms with van der Waals surface area (Å²) >= 11 is 7.28. The Morgan fingerprint density at radius 2 is 1.89 bits per heavy atom. The molecule has 2 aromatic carbocycles. The van der Waals surface area contributed by atoms with Crippen LogP contribution in [0.1, 0.15) is 0 Å². The second-order valence-electron chi connectivity index (χ2n) is 3.76. The minimum absolute atomic E-state index is 0.595. The first kappa shape index (κ1) is 11.4. The summed E-state index contributed by atoms with van der Waals surface area (Å²) in [6, 6.07) is 12.9. The highest BCUT2D eigenvalue weighted by Gasteiger charge is 2.07. The van der Waals surface area contributed by atoms with E-state index in [9.17, 15) is 0 Å². The number of anilines is 1. The second-order valence-corrected chi connectivity index (χ2v) is 5.22. The van der Waals surface area contributed by atoms with E-state index in [1.54, 1.807) is 12.1 Å². The maximum absolute atomic E-state index is 5.83. The molecule has 0 spiro atoms. The van der Waals surface area contributed by atoms with Crippen LogP contribution in [0.4, 0.5) is 5.69 Å². The molecule has 0 aliphatic carbocycles. The molecule has 2 N–H and O–H groups in total. The molecule has 1 aromatic heterocycles. The number of hydrogen-bond donors (Lipinski definition) is 1. The summed E-state index contributed by atoms with van der Waals surface area (Å²) < 4.78 is 5.62. The van der Waals surface area contributed by atoms with Crippen molar-refractivity contribution in [2.24, 2.45) is 0 Å². The Morgan fingerprint density at radius 3 is 2.67 bits per heavy atom. The standard InChI is InChI=1S/C13H9ClN2OS/c14-8-1-4-10(5-2-8)18-13-16-11-7-9(15)3-6-12(11)17-13/h1-7H,15H2. The van der Waals surface area contributed by atoms with Gasteiger partial charge in [0.2, 0.25) is 0 Å². The van der Waals surface area contributed by atoms with Crippen molar-refractivity contribution in [1.82, 2.24) is 4.98 Å². The number of hydrogen-bond acceptors (Lipinski definition) is 4. The second kappa shape index (κ2) is 4.55. The number of aromatic nitrogens is 1. The summed E-state index contributed by atoms with van der Waals surface area (Å²) in [6.45, 7) is 0. The van der Waals surface area contributed by atoms with Crippen LogP contribution in [0.2, 0.25) is 5.02 Å². The molecule has 0 aliphatic rings. The van der Waals surface area contributed by atoms with E-state index in [1.807, 2.05) is 30.3 Å². The van der Waals surface area contributed by atoms with Crippen LogP contribution in [0, 0.1) is 0 Å². The molecular weight excluding hydrogens is 268 g/mol. The highest BCUT2D eigenvalue weighted by molar-refractivity contribution is 7.99. The first-order valence-corrected chi connectivity index (χ1v) is 6.50. The molecule has 1 heterocycles. The van der Waals surface area contributed by atoms with Crippen molar-refractivity contribution < 1.29 is 4.42 Å². The van der Waals surface area contributed by atoms with Crippen LogP contribution >= 0.6 is 23.4 Å². The van der Waals surface area contributed by atoms with Gasteiger partial charge in [-0.1, -0.05) is 11.6 Å². The number of nitrogen functional groups attached to an aromatic ring is 1. The Bertz CT molecular complexity index is 694. The minimum Gasteiger partial charge on any atom is -0.431 e. The first-order valence-electron chi connectivity index (χ1n) is 5.30. The van der Waals surface area contributed by atoms with Crippen molar-refractivity contribution in [3.05, 3.63) is 47.5 Å². The summed E-state index contributed by atoms with van der Waals surface area (Å²) in [5, 5.41) is 1.31. The topological polar surface area (TPSA) is 52.0 Å². The lowest BCUT2D eigenvalue weighted by Gasteiger charge is -1.95. The van der Waals surface area contributed by atoms with Crippen molar-refractivity contribution in [3.8, 4) is 0 Å². The summed E-state index contributed by atoms with van der Waals surface area (Å²) in [6.07, 6.45) is 0. The van der Waals surface area contributed by atoms with E-state index in [2.05, 4.69) is 4.98 Å². The molecular formula is C13H9ClN2OS. The molecule has 0 atom stereocenters. The molecule has 0 radical (unpaired) electrons. The van der Waals surface area contributed by atoms with Gasteiger partial charge in [-0.15, -0.1) is 0 Å². The normalized spacial score (nSPS) is 10.9. The molecule has 0 fully saturated rings. The smallest absolute Gasteiger partial charge is 0.261 e. The van der Waals surface area contributed by atoms with E-state index >= 15 is 0 Å². The molecule has 5 heteroatoms. The molecule has 0 amide bonds. The van der Waals surface area contributed by atoms with Gasteiger partial charge in [0.15, 0.2) is 5.58 Å². The van der Waals surface area contributed by atoms with Gasteiger partial charge < -0.3 is 10.2 Å².